The van der Waals surface area contributed by atoms with Gasteiger partial charge < -0.3 is 19.4 Å². The van der Waals surface area contributed by atoms with E-state index >= 15 is 0 Å². The fourth-order valence-corrected chi connectivity index (χ4v) is 4.91. The van der Waals surface area contributed by atoms with E-state index in [0.717, 1.165) is 44.0 Å². The number of benzene rings is 2. The Bertz CT molecular complexity index is 849. The highest BCUT2D eigenvalue weighted by atomic mass is 16.5. The Hall–Kier alpha value is -2.53. The molecule has 2 aromatic rings. The van der Waals surface area contributed by atoms with Gasteiger partial charge in [0.05, 0.1) is 6.61 Å². The first kappa shape index (κ1) is 22.7. The molecule has 0 saturated carbocycles. The molecule has 0 bridgehead atoms. The van der Waals surface area contributed by atoms with Crippen molar-refractivity contribution >= 4 is 11.6 Å². The van der Waals surface area contributed by atoms with Gasteiger partial charge in [-0.25, -0.2) is 0 Å². The topological polar surface area (TPSA) is 36.0 Å². The van der Waals surface area contributed by atoms with Crippen LogP contribution in [-0.4, -0.2) is 67.1 Å². The standard InChI is InChI=1S/C27H37N3O2/c1-22-21-30(27(31)24-10-5-3-6-11-24)23(2)20-29(22)25-12-14-26(15-13-25)32-19-9-18-28-16-7-4-8-17-28/h3,5-6,10-15,22-23H,4,7-9,16-21H2,1-2H3/t22-,23-/m1/s1. The van der Waals surface area contributed by atoms with Crippen molar-refractivity contribution in [1.29, 1.82) is 0 Å². The minimum absolute atomic E-state index is 0.123. The summed E-state index contributed by atoms with van der Waals surface area (Å²) in [5.74, 6) is 1.06. The summed E-state index contributed by atoms with van der Waals surface area (Å²) in [5, 5.41) is 0. The molecule has 2 atom stereocenters. The summed E-state index contributed by atoms with van der Waals surface area (Å²) in [6.45, 7) is 10.3. The Morgan fingerprint density at radius 3 is 2.34 bits per heavy atom. The van der Waals surface area contributed by atoms with Crippen molar-refractivity contribution in [3.8, 4) is 5.75 Å². The number of hydrogen-bond donors (Lipinski definition) is 0. The predicted molar refractivity (Wildman–Crippen MR) is 131 cm³/mol. The largest absolute Gasteiger partial charge is 0.494 e. The Labute approximate surface area is 193 Å². The van der Waals surface area contributed by atoms with Gasteiger partial charge in [-0.2, -0.15) is 0 Å². The number of amides is 1. The molecule has 172 valence electrons. The van der Waals surface area contributed by atoms with Crippen molar-refractivity contribution in [2.45, 2.75) is 51.6 Å². The fourth-order valence-electron chi connectivity index (χ4n) is 4.91. The van der Waals surface area contributed by atoms with E-state index in [1.807, 2.05) is 35.2 Å². The van der Waals surface area contributed by atoms with Crippen LogP contribution in [0.15, 0.2) is 54.6 Å². The van der Waals surface area contributed by atoms with E-state index in [4.69, 9.17) is 4.74 Å². The molecule has 2 aliphatic rings. The maximum atomic E-state index is 13.0. The molecule has 0 aromatic heterocycles. The summed E-state index contributed by atoms with van der Waals surface area (Å²) in [6, 6.07) is 18.5. The highest BCUT2D eigenvalue weighted by Crippen LogP contribution is 2.26. The predicted octanol–water partition coefficient (Wildman–Crippen LogP) is 4.68. The van der Waals surface area contributed by atoms with Crippen molar-refractivity contribution in [2.24, 2.45) is 0 Å². The third-order valence-electron chi connectivity index (χ3n) is 6.77. The molecular weight excluding hydrogens is 398 g/mol. The number of ether oxygens (including phenoxy) is 1. The first-order valence-electron chi connectivity index (χ1n) is 12.2. The van der Waals surface area contributed by atoms with Crippen LogP contribution in [0.4, 0.5) is 5.69 Å². The van der Waals surface area contributed by atoms with E-state index in [1.54, 1.807) is 0 Å². The molecule has 4 rings (SSSR count). The van der Waals surface area contributed by atoms with Crippen LogP contribution in [0.5, 0.6) is 5.75 Å². The van der Waals surface area contributed by atoms with Gasteiger partial charge >= 0.3 is 0 Å². The second-order valence-electron chi connectivity index (χ2n) is 9.27. The van der Waals surface area contributed by atoms with E-state index in [2.05, 4.69) is 47.9 Å². The summed E-state index contributed by atoms with van der Waals surface area (Å²) in [5.41, 5.74) is 1.96. The van der Waals surface area contributed by atoms with Crippen molar-refractivity contribution in [1.82, 2.24) is 9.80 Å². The van der Waals surface area contributed by atoms with E-state index in [9.17, 15) is 4.79 Å². The number of anilines is 1. The van der Waals surface area contributed by atoms with E-state index < -0.39 is 0 Å². The van der Waals surface area contributed by atoms with Gasteiger partial charge in [-0.05, 0) is 82.6 Å². The number of rotatable bonds is 7. The van der Waals surface area contributed by atoms with Crippen molar-refractivity contribution in [3.05, 3.63) is 60.2 Å². The van der Waals surface area contributed by atoms with Gasteiger partial charge in [0, 0.05) is 43.0 Å². The zero-order chi connectivity index (χ0) is 22.3. The van der Waals surface area contributed by atoms with E-state index in [1.165, 1.54) is 38.0 Å². The van der Waals surface area contributed by atoms with Crippen molar-refractivity contribution < 1.29 is 9.53 Å². The van der Waals surface area contributed by atoms with E-state index in [-0.39, 0.29) is 18.0 Å². The minimum Gasteiger partial charge on any atom is -0.494 e. The van der Waals surface area contributed by atoms with Crippen LogP contribution in [0, 0.1) is 0 Å². The van der Waals surface area contributed by atoms with Crippen molar-refractivity contribution in [2.75, 3.05) is 44.2 Å². The van der Waals surface area contributed by atoms with Gasteiger partial charge in [0.25, 0.3) is 5.91 Å². The minimum atomic E-state index is 0.123. The molecular formula is C27H37N3O2. The maximum absolute atomic E-state index is 13.0. The lowest BCUT2D eigenvalue weighted by atomic mass is 10.0. The monoisotopic (exact) mass is 435 g/mol. The number of nitrogens with zero attached hydrogens (tertiary/aromatic N) is 3. The normalized spacial score (nSPS) is 22.1. The molecule has 5 nitrogen and oxygen atoms in total. The molecule has 2 fully saturated rings. The van der Waals surface area contributed by atoms with Crippen LogP contribution in [0.2, 0.25) is 0 Å². The van der Waals surface area contributed by atoms with Gasteiger partial charge in [0.15, 0.2) is 0 Å². The Morgan fingerprint density at radius 1 is 0.906 bits per heavy atom. The van der Waals surface area contributed by atoms with Crippen LogP contribution in [0.25, 0.3) is 0 Å². The van der Waals surface area contributed by atoms with Gasteiger partial charge in [0.2, 0.25) is 0 Å². The fraction of sp³-hybridized carbons (Fsp3) is 0.519. The van der Waals surface area contributed by atoms with Crippen LogP contribution in [0.1, 0.15) is 49.9 Å². The van der Waals surface area contributed by atoms with E-state index in [0.29, 0.717) is 0 Å². The van der Waals surface area contributed by atoms with Gasteiger partial charge in [-0.15, -0.1) is 0 Å². The molecule has 2 heterocycles. The first-order valence-corrected chi connectivity index (χ1v) is 12.2. The number of carbonyl (C=O) groups is 1. The first-order chi connectivity index (χ1) is 15.6. The van der Waals surface area contributed by atoms with Crippen LogP contribution in [0.3, 0.4) is 0 Å². The lowest BCUT2D eigenvalue weighted by Gasteiger charge is -2.45. The highest BCUT2D eigenvalue weighted by Gasteiger charge is 2.32. The Balaban J connectivity index is 1.28. The molecule has 2 saturated heterocycles. The zero-order valence-corrected chi connectivity index (χ0v) is 19.6. The lowest BCUT2D eigenvalue weighted by Crippen LogP contribution is -2.58. The summed E-state index contributed by atoms with van der Waals surface area (Å²) in [7, 11) is 0. The third kappa shape index (κ3) is 5.63. The molecule has 5 heteroatoms. The molecule has 0 spiro atoms. The molecule has 32 heavy (non-hydrogen) atoms. The summed E-state index contributed by atoms with van der Waals surface area (Å²) < 4.78 is 5.99. The highest BCUT2D eigenvalue weighted by molar-refractivity contribution is 5.94. The van der Waals surface area contributed by atoms with Gasteiger partial charge in [-0.3, -0.25) is 4.79 Å². The van der Waals surface area contributed by atoms with Crippen LogP contribution >= 0.6 is 0 Å². The Morgan fingerprint density at radius 2 is 1.62 bits per heavy atom. The SMILES string of the molecule is C[C@@H]1CN(c2ccc(OCCCN3CCCCC3)cc2)[C@H](C)CN1C(=O)c1ccccc1. The second kappa shape index (κ2) is 10.9. The molecule has 0 N–H and O–H groups in total. The number of piperidine rings is 1. The summed E-state index contributed by atoms with van der Waals surface area (Å²) >= 11 is 0. The number of hydrogen-bond acceptors (Lipinski definition) is 4. The lowest BCUT2D eigenvalue weighted by molar-refractivity contribution is 0.0645. The average molecular weight is 436 g/mol. The molecule has 2 aliphatic heterocycles. The molecule has 0 unspecified atom stereocenters. The summed E-state index contributed by atoms with van der Waals surface area (Å²) in [4.78, 5) is 19.9. The number of likely N-dealkylation sites (tertiary alicyclic amines) is 1. The second-order valence-corrected chi connectivity index (χ2v) is 9.27. The number of carbonyl (C=O) groups excluding carboxylic acids is 1. The van der Waals surface area contributed by atoms with Crippen LogP contribution < -0.4 is 9.64 Å². The molecule has 0 radical (unpaired) electrons. The summed E-state index contributed by atoms with van der Waals surface area (Å²) in [6.07, 6.45) is 5.14. The third-order valence-corrected chi connectivity index (χ3v) is 6.77. The van der Waals surface area contributed by atoms with Crippen LogP contribution in [-0.2, 0) is 0 Å². The zero-order valence-electron chi connectivity index (χ0n) is 19.6. The van der Waals surface area contributed by atoms with Gasteiger partial charge in [0.1, 0.15) is 5.75 Å². The smallest absolute Gasteiger partial charge is 0.254 e. The maximum Gasteiger partial charge on any atom is 0.254 e. The van der Waals surface area contributed by atoms with Gasteiger partial charge in [-0.1, -0.05) is 24.6 Å². The average Bonchev–Trinajstić information content (AvgIpc) is 2.84. The quantitative estimate of drug-likeness (QED) is 0.592. The Kier molecular flexibility index (Phi) is 7.69. The molecule has 2 aromatic carbocycles. The molecule has 0 aliphatic carbocycles. The van der Waals surface area contributed by atoms with Crippen molar-refractivity contribution in [3.63, 3.8) is 0 Å². The molecule has 1 amide bonds. The number of piperazine rings is 1.